The van der Waals surface area contributed by atoms with Crippen LogP contribution in [0, 0.1) is 13.8 Å². The van der Waals surface area contributed by atoms with Crippen molar-refractivity contribution >= 4 is 11.6 Å². The van der Waals surface area contributed by atoms with Gasteiger partial charge in [0.1, 0.15) is 11.4 Å². The normalized spacial score (nSPS) is 17.2. The molecule has 1 saturated heterocycles. The number of carbonyl (C=O) groups excluding carboxylic acids is 1. The van der Waals surface area contributed by atoms with E-state index in [0.29, 0.717) is 5.69 Å². The maximum Gasteiger partial charge on any atom is 0.272 e. The molecule has 0 unspecified atom stereocenters. The zero-order valence-electron chi connectivity index (χ0n) is 16.4. The summed E-state index contributed by atoms with van der Waals surface area (Å²) in [7, 11) is 0. The van der Waals surface area contributed by atoms with Gasteiger partial charge in [0.15, 0.2) is 5.65 Å². The van der Waals surface area contributed by atoms with Crippen LogP contribution in [0.15, 0.2) is 36.4 Å². The second-order valence-corrected chi connectivity index (χ2v) is 7.69. The summed E-state index contributed by atoms with van der Waals surface area (Å²) < 4.78 is 1.78. The molecule has 0 radical (unpaired) electrons. The molecule has 1 aromatic carbocycles. The summed E-state index contributed by atoms with van der Waals surface area (Å²) in [5, 5.41) is 13.9. The monoisotopic (exact) mass is 378 g/mol. The van der Waals surface area contributed by atoms with Gasteiger partial charge in [0, 0.05) is 24.3 Å². The van der Waals surface area contributed by atoms with Crippen molar-refractivity contribution in [1.29, 1.82) is 0 Å². The fraction of sp³-hybridized carbons (Fsp3) is 0.409. The highest BCUT2D eigenvalue weighted by Crippen LogP contribution is 2.24. The first-order chi connectivity index (χ1) is 13.5. The number of aromatic hydroxyl groups is 1. The highest BCUT2D eigenvalue weighted by molar-refractivity contribution is 5.93. The summed E-state index contributed by atoms with van der Waals surface area (Å²) in [5.74, 6) is 0.296. The van der Waals surface area contributed by atoms with Crippen LogP contribution in [0.1, 0.15) is 53.1 Å². The topological polar surface area (TPSA) is 70.7 Å². The maximum absolute atomic E-state index is 13.3. The van der Waals surface area contributed by atoms with Gasteiger partial charge in [0.05, 0.1) is 5.69 Å². The van der Waals surface area contributed by atoms with Gasteiger partial charge < -0.3 is 10.0 Å². The molecule has 1 N–H and O–H groups in total. The molecule has 3 heterocycles. The van der Waals surface area contributed by atoms with E-state index in [1.165, 1.54) is 5.56 Å². The van der Waals surface area contributed by atoms with Gasteiger partial charge in [-0.25, -0.2) is 9.50 Å². The predicted octanol–water partition coefficient (Wildman–Crippen LogP) is 3.68. The fourth-order valence-electron chi connectivity index (χ4n) is 4.06. The summed E-state index contributed by atoms with van der Waals surface area (Å²) >= 11 is 0. The molecule has 1 fully saturated rings. The van der Waals surface area contributed by atoms with E-state index in [9.17, 15) is 9.90 Å². The summed E-state index contributed by atoms with van der Waals surface area (Å²) in [5.41, 5.74) is 4.21. The van der Waals surface area contributed by atoms with Crippen molar-refractivity contribution in [3.63, 3.8) is 0 Å². The van der Waals surface area contributed by atoms with Gasteiger partial charge in [-0.1, -0.05) is 12.1 Å². The van der Waals surface area contributed by atoms with Crippen LogP contribution in [0.2, 0.25) is 0 Å². The van der Waals surface area contributed by atoms with Gasteiger partial charge in [-0.2, -0.15) is 5.10 Å². The third-order valence-electron chi connectivity index (χ3n) is 5.54. The van der Waals surface area contributed by atoms with Crippen molar-refractivity contribution in [2.24, 2.45) is 0 Å². The number of amides is 1. The molecule has 6 nitrogen and oxygen atoms in total. The average molecular weight is 378 g/mol. The summed E-state index contributed by atoms with van der Waals surface area (Å²) in [6.07, 6.45) is 5.02. The number of rotatable bonds is 4. The summed E-state index contributed by atoms with van der Waals surface area (Å²) in [4.78, 5) is 19.9. The molecule has 0 aliphatic carbocycles. The molecule has 0 saturated carbocycles. The Bertz CT molecular complexity index is 994. The Morgan fingerprint density at radius 1 is 1.18 bits per heavy atom. The minimum absolute atomic E-state index is 0.0138. The maximum atomic E-state index is 13.3. The van der Waals surface area contributed by atoms with E-state index >= 15 is 0 Å². The average Bonchev–Trinajstić information content (AvgIpc) is 3.08. The first-order valence-electron chi connectivity index (χ1n) is 9.94. The number of fused-ring (bicyclic) bond motifs is 1. The molecule has 1 aliphatic rings. The van der Waals surface area contributed by atoms with Gasteiger partial charge >= 0.3 is 0 Å². The Kier molecular flexibility index (Phi) is 5.03. The zero-order valence-corrected chi connectivity index (χ0v) is 16.4. The summed E-state index contributed by atoms with van der Waals surface area (Å²) in [6, 6.07) is 11.3. The lowest BCUT2D eigenvalue weighted by atomic mass is 9.95. The number of nitrogens with zero attached hydrogens (tertiary/aromatic N) is 4. The molecule has 1 amide bonds. The third kappa shape index (κ3) is 3.72. The second-order valence-electron chi connectivity index (χ2n) is 7.69. The van der Waals surface area contributed by atoms with Crippen molar-refractivity contribution in [3.8, 4) is 5.75 Å². The number of phenols is 1. The van der Waals surface area contributed by atoms with Crippen LogP contribution in [0.3, 0.4) is 0 Å². The van der Waals surface area contributed by atoms with E-state index < -0.39 is 0 Å². The number of aromatic nitrogens is 3. The number of likely N-dealkylation sites (tertiary alicyclic amines) is 1. The van der Waals surface area contributed by atoms with Crippen molar-refractivity contribution in [2.75, 3.05) is 6.54 Å². The van der Waals surface area contributed by atoms with Gasteiger partial charge in [-0.3, -0.25) is 4.79 Å². The van der Waals surface area contributed by atoms with Gasteiger partial charge in [-0.05, 0) is 69.7 Å². The Labute approximate surface area is 164 Å². The molecule has 3 aromatic rings. The molecule has 146 valence electrons. The lowest BCUT2D eigenvalue weighted by Gasteiger charge is -2.35. The Morgan fingerprint density at radius 3 is 2.75 bits per heavy atom. The molecule has 4 rings (SSSR count). The molecular weight excluding hydrogens is 352 g/mol. The lowest BCUT2D eigenvalue weighted by Crippen LogP contribution is -2.44. The first kappa shape index (κ1) is 18.5. The highest BCUT2D eigenvalue weighted by Gasteiger charge is 2.28. The summed E-state index contributed by atoms with van der Waals surface area (Å²) in [6.45, 7) is 4.67. The van der Waals surface area contributed by atoms with Gasteiger partial charge in [0.2, 0.25) is 0 Å². The number of phenolic OH excluding ortho intramolecular Hbond substituents is 1. The van der Waals surface area contributed by atoms with Crippen LogP contribution in [-0.2, 0) is 6.42 Å². The van der Waals surface area contributed by atoms with Crippen LogP contribution >= 0.6 is 0 Å². The first-order valence-corrected chi connectivity index (χ1v) is 9.94. The van der Waals surface area contributed by atoms with E-state index in [2.05, 4.69) is 10.1 Å². The molecule has 28 heavy (non-hydrogen) atoms. The number of piperidine rings is 1. The van der Waals surface area contributed by atoms with Crippen molar-refractivity contribution < 1.29 is 9.90 Å². The molecular formula is C22H26N4O2. The van der Waals surface area contributed by atoms with E-state index in [0.717, 1.165) is 55.7 Å². The quantitative estimate of drug-likeness (QED) is 0.752. The Morgan fingerprint density at radius 2 is 1.96 bits per heavy atom. The van der Waals surface area contributed by atoms with Crippen molar-refractivity contribution in [2.45, 2.75) is 52.0 Å². The van der Waals surface area contributed by atoms with E-state index in [1.807, 2.05) is 43.0 Å². The van der Waals surface area contributed by atoms with Crippen LogP contribution in [-0.4, -0.2) is 43.1 Å². The van der Waals surface area contributed by atoms with Crippen LogP contribution in [0.5, 0.6) is 5.75 Å². The van der Waals surface area contributed by atoms with Crippen molar-refractivity contribution in [1.82, 2.24) is 19.5 Å². The second kappa shape index (κ2) is 7.62. The van der Waals surface area contributed by atoms with Crippen LogP contribution in [0.25, 0.3) is 5.65 Å². The van der Waals surface area contributed by atoms with Gasteiger partial charge in [0.25, 0.3) is 5.91 Å². The Balaban J connectivity index is 1.53. The molecule has 1 atom stereocenters. The highest BCUT2D eigenvalue weighted by atomic mass is 16.3. The smallest absolute Gasteiger partial charge is 0.272 e. The minimum atomic E-state index is 0.0138. The third-order valence-corrected chi connectivity index (χ3v) is 5.54. The van der Waals surface area contributed by atoms with E-state index in [1.54, 1.807) is 16.6 Å². The van der Waals surface area contributed by atoms with Crippen LogP contribution < -0.4 is 0 Å². The number of aryl methyl sites for hydroxylation is 3. The largest absolute Gasteiger partial charge is 0.508 e. The van der Waals surface area contributed by atoms with E-state index in [-0.39, 0.29) is 17.7 Å². The predicted molar refractivity (Wildman–Crippen MR) is 108 cm³/mol. The molecule has 0 bridgehead atoms. The number of hydrogen-bond acceptors (Lipinski definition) is 4. The number of benzene rings is 1. The molecule has 2 aromatic heterocycles. The lowest BCUT2D eigenvalue weighted by molar-refractivity contribution is 0.0596. The minimum Gasteiger partial charge on any atom is -0.508 e. The molecule has 0 spiro atoms. The Hall–Kier alpha value is -2.89. The molecule has 6 heteroatoms. The zero-order chi connectivity index (χ0) is 19.7. The SMILES string of the molecule is Cc1cc2nc(C(=O)N3CCCC[C@H]3CCc3ccc(O)cc3)cc(C)n2n1. The number of hydrogen-bond donors (Lipinski definition) is 1. The standard InChI is InChI=1S/C22H26N4O2/c1-15-13-21-23-20(14-16(2)26(21)24-15)22(28)25-12-4-3-5-18(25)9-6-17-7-10-19(27)11-8-17/h7-8,10-11,13-14,18,27H,3-6,9,12H2,1-2H3/t18-/m0/s1. The number of carbonyl (C=O) groups is 1. The molecule has 1 aliphatic heterocycles. The van der Waals surface area contributed by atoms with Gasteiger partial charge in [-0.15, -0.1) is 0 Å². The fourth-order valence-corrected chi connectivity index (χ4v) is 4.06. The van der Waals surface area contributed by atoms with Crippen LogP contribution in [0.4, 0.5) is 0 Å². The van der Waals surface area contributed by atoms with E-state index in [4.69, 9.17) is 0 Å². The van der Waals surface area contributed by atoms with Crippen molar-refractivity contribution in [3.05, 3.63) is 59.0 Å².